The van der Waals surface area contributed by atoms with E-state index >= 15 is 0 Å². The van der Waals surface area contributed by atoms with E-state index in [0.717, 1.165) is 35.7 Å². The van der Waals surface area contributed by atoms with Gasteiger partial charge in [0.25, 0.3) is 11.1 Å². The van der Waals surface area contributed by atoms with Gasteiger partial charge in [0.05, 0.1) is 31.3 Å². The van der Waals surface area contributed by atoms with Crippen molar-refractivity contribution < 1.29 is 0 Å². The monoisotopic (exact) mass is 519 g/mol. The van der Waals surface area contributed by atoms with Crippen molar-refractivity contribution >= 4 is 27.8 Å². The molecule has 4 aromatic rings. The Bertz CT molecular complexity index is 1840. The number of hydrogen-bond acceptors (Lipinski definition) is 6. The SMILES string of the molecule is C#CCCn1c(=O)c2nc(N3CCCC(N)C3)n(CC#CC)c2c(=O)n1Cc1ccc(C#N)c2ccccc12. The zero-order valence-corrected chi connectivity index (χ0v) is 21.9. The highest BCUT2D eigenvalue weighted by Crippen LogP contribution is 2.25. The quantitative estimate of drug-likeness (QED) is 0.391. The van der Waals surface area contributed by atoms with E-state index in [0.29, 0.717) is 18.1 Å². The van der Waals surface area contributed by atoms with Crippen molar-refractivity contribution in [2.45, 2.75) is 51.9 Å². The molecule has 1 unspecified atom stereocenters. The van der Waals surface area contributed by atoms with E-state index in [4.69, 9.17) is 17.1 Å². The van der Waals surface area contributed by atoms with E-state index in [1.807, 2.05) is 35.2 Å². The second-order valence-corrected chi connectivity index (χ2v) is 9.65. The summed E-state index contributed by atoms with van der Waals surface area (Å²) in [6.07, 6.45) is 7.62. The molecule has 1 aliphatic heterocycles. The fourth-order valence-electron chi connectivity index (χ4n) is 5.32. The molecule has 0 bridgehead atoms. The number of aromatic nitrogens is 4. The lowest BCUT2D eigenvalue weighted by Gasteiger charge is -2.31. The van der Waals surface area contributed by atoms with Gasteiger partial charge in [0.15, 0.2) is 5.52 Å². The van der Waals surface area contributed by atoms with Gasteiger partial charge in [-0.05, 0) is 42.2 Å². The molecule has 0 radical (unpaired) electrons. The van der Waals surface area contributed by atoms with Gasteiger partial charge in [-0.1, -0.05) is 36.3 Å². The van der Waals surface area contributed by atoms with Crippen LogP contribution in [0.3, 0.4) is 0 Å². The van der Waals surface area contributed by atoms with Crippen LogP contribution in [0, 0.1) is 35.5 Å². The van der Waals surface area contributed by atoms with Crippen LogP contribution in [0.5, 0.6) is 0 Å². The number of nitrogens with zero attached hydrogens (tertiary/aromatic N) is 6. The second kappa shape index (κ2) is 10.9. The Balaban J connectivity index is 1.77. The van der Waals surface area contributed by atoms with Crippen molar-refractivity contribution in [2.24, 2.45) is 5.73 Å². The number of piperidine rings is 1. The summed E-state index contributed by atoms with van der Waals surface area (Å²) in [7, 11) is 0. The van der Waals surface area contributed by atoms with Gasteiger partial charge in [0, 0.05) is 25.6 Å². The molecule has 196 valence electrons. The largest absolute Gasteiger partial charge is 0.341 e. The molecule has 1 fully saturated rings. The Morgan fingerprint density at radius 3 is 2.64 bits per heavy atom. The van der Waals surface area contributed by atoms with Crippen molar-refractivity contribution in [1.82, 2.24) is 18.9 Å². The predicted octanol–water partition coefficient (Wildman–Crippen LogP) is 2.41. The summed E-state index contributed by atoms with van der Waals surface area (Å²) < 4.78 is 4.58. The first-order chi connectivity index (χ1) is 19.0. The Labute approximate surface area is 226 Å². The Morgan fingerprint density at radius 1 is 1.13 bits per heavy atom. The smallest absolute Gasteiger partial charge is 0.293 e. The number of rotatable bonds is 6. The van der Waals surface area contributed by atoms with Crippen molar-refractivity contribution in [3.8, 4) is 30.3 Å². The topological polar surface area (TPSA) is 115 Å². The van der Waals surface area contributed by atoms with Gasteiger partial charge in [0.1, 0.15) is 5.52 Å². The Kier molecular flexibility index (Phi) is 7.23. The maximum absolute atomic E-state index is 14.2. The number of fused-ring (bicyclic) bond motifs is 2. The van der Waals surface area contributed by atoms with E-state index in [1.165, 1.54) is 9.36 Å². The zero-order valence-electron chi connectivity index (χ0n) is 21.9. The molecule has 9 nitrogen and oxygen atoms in total. The lowest BCUT2D eigenvalue weighted by Crippen LogP contribution is -2.44. The number of terminal acetylenes is 1. The number of nitrogens with two attached hydrogens (primary N) is 1. The Hall–Kier alpha value is -4.78. The van der Waals surface area contributed by atoms with Crippen molar-refractivity contribution in [3.05, 3.63) is 68.2 Å². The van der Waals surface area contributed by atoms with Gasteiger partial charge in [-0.25, -0.2) is 14.3 Å². The van der Waals surface area contributed by atoms with Crippen LogP contribution in [0.25, 0.3) is 21.8 Å². The molecule has 0 aliphatic carbocycles. The van der Waals surface area contributed by atoms with Crippen LogP contribution in [0.1, 0.15) is 37.3 Å². The number of hydrogen-bond donors (Lipinski definition) is 1. The lowest BCUT2D eigenvalue weighted by molar-refractivity contribution is 0.448. The molecule has 1 atom stereocenters. The van der Waals surface area contributed by atoms with Crippen LogP contribution >= 0.6 is 0 Å². The summed E-state index contributed by atoms with van der Waals surface area (Å²) in [5, 5.41) is 11.2. The average Bonchev–Trinajstić information content (AvgIpc) is 3.34. The first-order valence-electron chi connectivity index (χ1n) is 13.0. The van der Waals surface area contributed by atoms with Gasteiger partial charge in [-0.15, -0.1) is 18.3 Å². The van der Waals surface area contributed by atoms with Gasteiger partial charge >= 0.3 is 0 Å². The molecule has 0 spiro atoms. The second-order valence-electron chi connectivity index (χ2n) is 9.65. The number of imidazole rings is 1. The molecular formula is C30H29N7O2. The summed E-state index contributed by atoms with van der Waals surface area (Å²) in [6, 6.07) is 13.3. The molecule has 9 heteroatoms. The highest BCUT2D eigenvalue weighted by atomic mass is 16.2. The molecule has 2 aromatic heterocycles. The Morgan fingerprint density at radius 2 is 1.92 bits per heavy atom. The predicted molar refractivity (Wildman–Crippen MR) is 152 cm³/mol. The molecule has 0 amide bonds. The van der Waals surface area contributed by atoms with Crippen molar-refractivity contribution in [3.63, 3.8) is 0 Å². The standard InChI is InChI=1S/C30H29N7O2/c1-3-5-16-35-27-26(33-30(35)34-15-9-10-23(32)20-34)28(38)36(17-6-4-2)37(29(27)39)19-22-14-13-21(18-31)24-11-7-8-12-25(22)24/h2,7-8,11-14,23H,6,9-10,15-17,19-20,32H2,1H3. The molecule has 1 aliphatic rings. The summed E-state index contributed by atoms with van der Waals surface area (Å²) >= 11 is 0. The maximum Gasteiger partial charge on any atom is 0.293 e. The van der Waals surface area contributed by atoms with E-state index in [9.17, 15) is 14.9 Å². The van der Waals surface area contributed by atoms with Crippen LogP contribution < -0.4 is 21.8 Å². The minimum atomic E-state index is -0.386. The van der Waals surface area contributed by atoms with Crippen molar-refractivity contribution in [1.29, 1.82) is 5.26 Å². The van der Waals surface area contributed by atoms with Crippen molar-refractivity contribution in [2.75, 3.05) is 18.0 Å². The first-order valence-corrected chi connectivity index (χ1v) is 13.0. The maximum atomic E-state index is 14.2. The van der Waals surface area contributed by atoms with Crippen LogP contribution in [-0.4, -0.2) is 38.0 Å². The number of nitriles is 1. The van der Waals surface area contributed by atoms with E-state index in [2.05, 4.69) is 23.8 Å². The molecule has 39 heavy (non-hydrogen) atoms. The molecule has 2 N–H and O–H groups in total. The molecule has 5 rings (SSSR count). The third-order valence-electron chi connectivity index (χ3n) is 7.19. The third kappa shape index (κ3) is 4.68. The third-order valence-corrected chi connectivity index (χ3v) is 7.19. The van der Waals surface area contributed by atoms with Crippen LogP contribution in [0.2, 0.25) is 0 Å². The van der Waals surface area contributed by atoms with Gasteiger partial charge in [-0.2, -0.15) is 5.26 Å². The summed E-state index contributed by atoms with van der Waals surface area (Å²) in [5.74, 6) is 9.02. The minimum Gasteiger partial charge on any atom is -0.341 e. The number of anilines is 1. The molecule has 1 saturated heterocycles. The van der Waals surface area contributed by atoms with E-state index in [1.54, 1.807) is 17.6 Å². The molecule has 0 saturated carbocycles. The summed E-state index contributed by atoms with van der Waals surface area (Å²) in [4.78, 5) is 34.8. The zero-order chi connectivity index (χ0) is 27.5. The van der Waals surface area contributed by atoms with Crippen LogP contribution in [0.4, 0.5) is 5.95 Å². The molecular weight excluding hydrogens is 490 g/mol. The average molecular weight is 520 g/mol. The van der Waals surface area contributed by atoms with Crippen LogP contribution in [-0.2, 0) is 19.6 Å². The molecule has 3 heterocycles. The van der Waals surface area contributed by atoms with E-state index < -0.39 is 0 Å². The normalized spacial score (nSPS) is 15.1. The summed E-state index contributed by atoms with van der Waals surface area (Å²) in [6.45, 7) is 3.55. The number of benzene rings is 2. The fraction of sp³-hybridized carbons (Fsp3) is 0.333. The van der Waals surface area contributed by atoms with Gasteiger partial charge in [-0.3, -0.25) is 14.2 Å². The van der Waals surface area contributed by atoms with Gasteiger partial charge in [0.2, 0.25) is 5.95 Å². The first kappa shape index (κ1) is 25.9. The summed E-state index contributed by atoms with van der Waals surface area (Å²) in [5.41, 5.74) is 7.17. The lowest BCUT2D eigenvalue weighted by atomic mass is 10.00. The van der Waals surface area contributed by atoms with Gasteiger partial charge < -0.3 is 10.6 Å². The minimum absolute atomic E-state index is 0.0159. The highest BCUT2D eigenvalue weighted by molar-refractivity contribution is 5.90. The fourth-order valence-corrected chi connectivity index (χ4v) is 5.32. The van der Waals surface area contributed by atoms with Crippen LogP contribution in [0.15, 0.2) is 46.0 Å². The van der Waals surface area contributed by atoms with E-state index in [-0.39, 0.29) is 54.2 Å². The highest BCUT2D eigenvalue weighted by Gasteiger charge is 2.27. The molecule has 2 aromatic carbocycles.